The highest BCUT2D eigenvalue weighted by Gasteiger charge is 2.10. The molecule has 0 aliphatic rings. The van der Waals surface area contributed by atoms with Crippen LogP contribution in [0.2, 0.25) is 0 Å². The molecule has 0 radical (unpaired) electrons. The molecule has 1 N–H and O–H groups in total. The van der Waals surface area contributed by atoms with E-state index in [2.05, 4.69) is 23.8 Å². The number of rotatable bonds is 6. The van der Waals surface area contributed by atoms with Crippen molar-refractivity contribution in [1.29, 1.82) is 0 Å². The Morgan fingerprint density at radius 1 is 1.26 bits per heavy atom. The van der Waals surface area contributed by atoms with Gasteiger partial charge in [0.15, 0.2) is 5.65 Å². The lowest BCUT2D eigenvalue weighted by Crippen LogP contribution is -2.24. The summed E-state index contributed by atoms with van der Waals surface area (Å²) in [6.45, 7) is 5.82. The predicted octanol–water partition coefficient (Wildman–Crippen LogP) is 2.86. The van der Waals surface area contributed by atoms with E-state index in [1.807, 2.05) is 4.57 Å². The van der Waals surface area contributed by atoms with Gasteiger partial charge in [-0.1, -0.05) is 38.9 Å². The quantitative estimate of drug-likeness (QED) is 0.828. The fraction of sp³-hybridized carbons (Fsp3) is 0.615. The Balaban J connectivity index is 2.55. The number of nitrogens with one attached hydrogen (secondary N) is 1. The summed E-state index contributed by atoms with van der Waals surface area (Å²) in [6, 6.07) is 0. The molecule has 6 heteroatoms. The van der Waals surface area contributed by atoms with Gasteiger partial charge in [-0.05, 0) is 12.8 Å². The minimum absolute atomic E-state index is 0.160. The number of aromatic amines is 1. The van der Waals surface area contributed by atoms with Crippen LogP contribution >= 0.6 is 12.2 Å². The average molecular weight is 280 g/mol. The highest BCUT2D eigenvalue weighted by atomic mass is 32.1. The van der Waals surface area contributed by atoms with E-state index in [9.17, 15) is 4.79 Å². The van der Waals surface area contributed by atoms with E-state index >= 15 is 0 Å². The van der Waals surface area contributed by atoms with Gasteiger partial charge in [-0.15, -0.1) is 0 Å². The van der Waals surface area contributed by atoms with Crippen molar-refractivity contribution in [2.24, 2.45) is 0 Å². The van der Waals surface area contributed by atoms with E-state index in [1.165, 1.54) is 0 Å². The smallest absolute Gasteiger partial charge is 0.327 e. The molecule has 2 aromatic heterocycles. The van der Waals surface area contributed by atoms with E-state index in [0.717, 1.165) is 37.7 Å². The molecule has 0 saturated carbocycles. The number of aryl methyl sites for hydroxylation is 2. The summed E-state index contributed by atoms with van der Waals surface area (Å²) in [6.07, 6.45) is 5.98. The Labute approximate surface area is 117 Å². The molecular weight excluding hydrogens is 260 g/mol. The second-order valence-electron chi connectivity index (χ2n) is 4.73. The molecular formula is C13H20N4OS. The van der Waals surface area contributed by atoms with Gasteiger partial charge in [0.2, 0.25) is 0 Å². The van der Waals surface area contributed by atoms with Crippen molar-refractivity contribution in [3.8, 4) is 0 Å². The Bertz CT molecular complexity index is 667. The van der Waals surface area contributed by atoms with Crippen LogP contribution in [0.4, 0.5) is 0 Å². The molecule has 0 fully saturated rings. The number of imidazole rings is 1. The Morgan fingerprint density at radius 2 is 1.95 bits per heavy atom. The van der Waals surface area contributed by atoms with Crippen molar-refractivity contribution in [3.05, 3.63) is 21.5 Å². The zero-order valence-corrected chi connectivity index (χ0v) is 12.3. The molecule has 5 nitrogen and oxygen atoms in total. The van der Waals surface area contributed by atoms with Gasteiger partial charge in [0, 0.05) is 13.1 Å². The highest BCUT2D eigenvalue weighted by Crippen LogP contribution is 2.13. The van der Waals surface area contributed by atoms with Crippen molar-refractivity contribution >= 4 is 23.4 Å². The van der Waals surface area contributed by atoms with Crippen molar-refractivity contribution in [3.63, 3.8) is 0 Å². The van der Waals surface area contributed by atoms with Gasteiger partial charge in [0.25, 0.3) is 0 Å². The first kappa shape index (κ1) is 14.0. The van der Waals surface area contributed by atoms with Gasteiger partial charge in [-0.3, -0.25) is 9.55 Å². The summed E-state index contributed by atoms with van der Waals surface area (Å²) in [5.41, 5.74) is 1.42. The van der Waals surface area contributed by atoms with E-state index in [4.69, 9.17) is 12.2 Å². The Kier molecular flexibility index (Phi) is 4.52. The fourth-order valence-corrected chi connectivity index (χ4v) is 2.44. The SMILES string of the molecule is CCCCn1cnc2c1c(=S)[nH]c(=O)n2CCCC. The molecule has 0 amide bonds. The predicted molar refractivity (Wildman–Crippen MR) is 79.0 cm³/mol. The third kappa shape index (κ3) is 2.78. The lowest BCUT2D eigenvalue weighted by Gasteiger charge is -2.07. The maximum absolute atomic E-state index is 12.0. The first-order valence-electron chi connectivity index (χ1n) is 6.87. The van der Waals surface area contributed by atoms with Gasteiger partial charge in [0.05, 0.1) is 6.33 Å². The summed E-state index contributed by atoms with van der Waals surface area (Å²) >= 11 is 5.28. The van der Waals surface area contributed by atoms with E-state index in [1.54, 1.807) is 10.9 Å². The minimum Gasteiger partial charge on any atom is -0.327 e. The number of hydrogen-bond acceptors (Lipinski definition) is 3. The normalized spacial score (nSPS) is 11.3. The van der Waals surface area contributed by atoms with Gasteiger partial charge >= 0.3 is 5.69 Å². The van der Waals surface area contributed by atoms with Crippen molar-refractivity contribution in [2.45, 2.75) is 52.6 Å². The van der Waals surface area contributed by atoms with Crippen LogP contribution in [-0.2, 0) is 13.1 Å². The lowest BCUT2D eigenvalue weighted by atomic mass is 10.3. The van der Waals surface area contributed by atoms with Crippen molar-refractivity contribution in [1.82, 2.24) is 19.1 Å². The average Bonchev–Trinajstić information content (AvgIpc) is 2.80. The number of fused-ring (bicyclic) bond motifs is 1. The number of unbranched alkanes of at least 4 members (excludes halogenated alkanes) is 2. The van der Waals surface area contributed by atoms with Crippen molar-refractivity contribution in [2.75, 3.05) is 0 Å². The third-order valence-corrected chi connectivity index (χ3v) is 3.54. The molecule has 0 atom stereocenters. The summed E-state index contributed by atoms with van der Waals surface area (Å²) in [5, 5.41) is 0. The highest BCUT2D eigenvalue weighted by molar-refractivity contribution is 7.71. The van der Waals surface area contributed by atoms with Crippen LogP contribution in [-0.4, -0.2) is 19.1 Å². The monoisotopic (exact) mass is 280 g/mol. The van der Waals surface area contributed by atoms with Crippen LogP contribution < -0.4 is 5.69 Å². The topological polar surface area (TPSA) is 55.6 Å². The maximum atomic E-state index is 12.0. The summed E-state index contributed by atoms with van der Waals surface area (Å²) in [7, 11) is 0. The second-order valence-corrected chi connectivity index (χ2v) is 5.14. The number of aromatic nitrogens is 4. The summed E-state index contributed by atoms with van der Waals surface area (Å²) in [5.74, 6) is 0. The van der Waals surface area contributed by atoms with Crippen LogP contribution in [0.25, 0.3) is 11.2 Å². The third-order valence-electron chi connectivity index (χ3n) is 3.24. The van der Waals surface area contributed by atoms with Gasteiger partial charge in [-0.2, -0.15) is 0 Å². The zero-order valence-electron chi connectivity index (χ0n) is 11.5. The molecule has 104 valence electrons. The molecule has 0 spiro atoms. The van der Waals surface area contributed by atoms with Crippen LogP contribution in [0.5, 0.6) is 0 Å². The fourth-order valence-electron chi connectivity index (χ4n) is 2.14. The van der Waals surface area contributed by atoms with Crippen LogP contribution in [0.3, 0.4) is 0 Å². The molecule has 19 heavy (non-hydrogen) atoms. The van der Waals surface area contributed by atoms with E-state index in [0.29, 0.717) is 16.8 Å². The molecule has 0 aliphatic heterocycles. The molecule has 0 saturated heterocycles. The summed E-state index contributed by atoms with van der Waals surface area (Å²) < 4.78 is 4.22. The van der Waals surface area contributed by atoms with E-state index in [-0.39, 0.29) is 5.69 Å². The molecule has 0 unspecified atom stereocenters. The second kappa shape index (κ2) is 6.14. The molecule has 0 aliphatic carbocycles. The molecule has 0 bridgehead atoms. The number of hydrogen-bond donors (Lipinski definition) is 1. The molecule has 2 rings (SSSR count). The summed E-state index contributed by atoms with van der Waals surface area (Å²) in [4.78, 5) is 19.1. The largest absolute Gasteiger partial charge is 0.328 e. The van der Waals surface area contributed by atoms with Crippen LogP contribution in [0.1, 0.15) is 39.5 Å². The number of H-pyrrole nitrogens is 1. The van der Waals surface area contributed by atoms with E-state index < -0.39 is 0 Å². The Morgan fingerprint density at radius 3 is 2.63 bits per heavy atom. The van der Waals surface area contributed by atoms with Crippen molar-refractivity contribution < 1.29 is 0 Å². The lowest BCUT2D eigenvalue weighted by molar-refractivity contribution is 0.613. The molecule has 2 aromatic rings. The first-order chi connectivity index (χ1) is 9.19. The maximum Gasteiger partial charge on any atom is 0.328 e. The van der Waals surface area contributed by atoms with Gasteiger partial charge in [0.1, 0.15) is 10.2 Å². The van der Waals surface area contributed by atoms with Gasteiger partial charge < -0.3 is 4.57 Å². The Hall–Kier alpha value is -1.43. The van der Waals surface area contributed by atoms with Crippen LogP contribution in [0, 0.1) is 4.64 Å². The zero-order chi connectivity index (χ0) is 13.8. The van der Waals surface area contributed by atoms with Gasteiger partial charge in [-0.25, -0.2) is 9.78 Å². The first-order valence-corrected chi connectivity index (χ1v) is 7.27. The molecule has 0 aromatic carbocycles. The number of nitrogens with zero attached hydrogens (tertiary/aromatic N) is 3. The van der Waals surface area contributed by atoms with Crippen LogP contribution in [0.15, 0.2) is 11.1 Å². The standard InChI is InChI=1S/C13H20N4OS/c1-3-5-7-16-9-14-11-10(16)12(19)15-13(18)17(11)8-6-4-2/h9H,3-8H2,1-2H3,(H,15,18,19). The minimum atomic E-state index is -0.160. The molecule has 2 heterocycles.